The van der Waals surface area contributed by atoms with Gasteiger partial charge >= 0.3 is 5.97 Å². The van der Waals surface area contributed by atoms with Gasteiger partial charge in [-0.1, -0.05) is 0 Å². The smallest absolute Gasteiger partial charge is 0.357 e. The number of rotatable bonds is 2. The molecule has 0 amide bonds. The molecule has 0 saturated heterocycles. The number of carbonyl (C=O) groups excluding carboxylic acids is 1. The molecule has 1 heterocycles. The summed E-state index contributed by atoms with van der Waals surface area (Å²) in [4.78, 5) is 15.5. The predicted molar refractivity (Wildman–Crippen MR) is 48.5 cm³/mol. The van der Waals surface area contributed by atoms with E-state index in [9.17, 15) is 4.79 Å². The Balaban J connectivity index is 2.88. The summed E-state index contributed by atoms with van der Waals surface area (Å²) >= 11 is 0. The van der Waals surface area contributed by atoms with Crippen molar-refractivity contribution in [2.75, 3.05) is 0 Å². The van der Waals surface area contributed by atoms with Gasteiger partial charge in [-0.3, -0.25) is 0 Å². The van der Waals surface area contributed by atoms with E-state index in [1.165, 1.54) is 0 Å². The van der Waals surface area contributed by atoms with Gasteiger partial charge in [0.25, 0.3) is 0 Å². The number of imidazole rings is 1. The standard InChI is InChI=1S/C9H14N2O2/c1-6(2)13-9(12)8-7(3)10-5-11(8)4/h5-6H,1-4H3. The van der Waals surface area contributed by atoms with Crippen molar-refractivity contribution in [3.8, 4) is 0 Å². The van der Waals surface area contributed by atoms with E-state index in [4.69, 9.17) is 4.74 Å². The van der Waals surface area contributed by atoms with Gasteiger partial charge in [-0.15, -0.1) is 0 Å². The number of hydrogen-bond donors (Lipinski definition) is 0. The molecule has 4 nitrogen and oxygen atoms in total. The molecule has 0 N–H and O–H groups in total. The first-order chi connectivity index (χ1) is 6.02. The summed E-state index contributed by atoms with van der Waals surface area (Å²) < 4.78 is 6.72. The highest BCUT2D eigenvalue weighted by Gasteiger charge is 2.16. The van der Waals surface area contributed by atoms with Crippen molar-refractivity contribution < 1.29 is 9.53 Å². The van der Waals surface area contributed by atoms with Crippen LogP contribution in [0.3, 0.4) is 0 Å². The van der Waals surface area contributed by atoms with E-state index < -0.39 is 0 Å². The monoisotopic (exact) mass is 182 g/mol. The van der Waals surface area contributed by atoms with Crippen molar-refractivity contribution in [3.05, 3.63) is 17.7 Å². The number of aromatic nitrogens is 2. The molecule has 0 aliphatic heterocycles. The molecule has 0 radical (unpaired) electrons. The molecule has 0 aromatic carbocycles. The highest BCUT2D eigenvalue weighted by atomic mass is 16.5. The summed E-state index contributed by atoms with van der Waals surface area (Å²) in [6.45, 7) is 5.43. The van der Waals surface area contributed by atoms with Crippen LogP contribution in [-0.2, 0) is 11.8 Å². The Morgan fingerprint density at radius 2 is 2.23 bits per heavy atom. The van der Waals surface area contributed by atoms with E-state index in [0.717, 1.165) is 0 Å². The van der Waals surface area contributed by atoms with Crippen LogP contribution in [0.5, 0.6) is 0 Å². The first-order valence-corrected chi connectivity index (χ1v) is 4.21. The molecule has 0 spiro atoms. The van der Waals surface area contributed by atoms with Crippen LogP contribution in [0.2, 0.25) is 0 Å². The molecule has 1 aromatic heterocycles. The second kappa shape index (κ2) is 3.60. The third-order valence-corrected chi connectivity index (χ3v) is 1.66. The molecule has 0 bridgehead atoms. The zero-order chi connectivity index (χ0) is 10.0. The largest absolute Gasteiger partial charge is 0.458 e. The summed E-state index contributed by atoms with van der Waals surface area (Å²) in [5, 5.41) is 0. The zero-order valence-electron chi connectivity index (χ0n) is 8.37. The average molecular weight is 182 g/mol. The van der Waals surface area contributed by atoms with Crippen molar-refractivity contribution in [2.24, 2.45) is 7.05 Å². The Kier molecular flexibility index (Phi) is 2.70. The Bertz CT molecular complexity index is 296. The molecule has 0 saturated carbocycles. The van der Waals surface area contributed by atoms with Crippen molar-refractivity contribution >= 4 is 5.97 Å². The van der Waals surface area contributed by atoms with Crippen LogP contribution in [0, 0.1) is 6.92 Å². The van der Waals surface area contributed by atoms with Gasteiger partial charge in [0.1, 0.15) is 5.69 Å². The lowest BCUT2D eigenvalue weighted by Crippen LogP contribution is -2.15. The van der Waals surface area contributed by atoms with Crippen LogP contribution in [0.1, 0.15) is 30.0 Å². The van der Waals surface area contributed by atoms with Crippen LogP contribution < -0.4 is 0 Å². The number of hydrogen-bond acceptors (Lipinski definition) is 3. The minimum absolute atomic E-state index is 0.0956. The second-order valence-corrected chi connectivity index (χ2v) is 3.24. The van der Waals surface area contributed by atoms with E-state index in [-0.39, 0.29) is 12.1 Å². The quantitative estimate of drug-likeness (QED) is 0.647. The number of ether oxygens (including phenoxy) is 1. The lowest BCUT2D eigenvalue weighted by molar-refractivity contribution is 0.0365. The Hall–Kier alpha value is -1.32. The molecule has 0 atom stereocenters. The highest BCUT2D eigenvalue weighted by molar-refractivity contribution is 5.88. The van der Waals surface area contributed by atoms with Gasteiger partial charge in [0.05, 0.1) is 18.1 Å². The predicted octanol–water partition coefficient (Wildman–Crippen LogP) is 1.29. The SMILES string of the molecule is Cc1ncn(C)c1C(=O)OC(C)C. The van der Waals surface area contributed by atoms with Crippen LogP contribution in [0.4, 0.5) is 0 Å². The minimum Gasteiger partial charge on any atom is -0.458 e. The van der Waals surface area contributed by atoms with Crippen LogP contribution in [-0.4, -0.2) is 21.6 Å². The summed E-state index contributed by atoms with van der Waals surface area (Å²) in [6.07, 6.45) is 1.51. The minimum atomic E-state index is -0.312. The summed E-state index contributed by atoms with van der Waals surface area (Å²) in [5.41, 5.74) is 1.22. The van der Waals surface area contributed by atoms with Crippen molar-refractivity contribution in [3.63, 3.8) is 0 Å². The Morgan fingerprint density at radius 1 is 1.62 bits per heavy atom. The first-order valence-electron chi connectivity index (χ1n) is 4.21. The van der Waals surface area contributed by atoms with E-state index in [2.05, 4.69) is 4.98 Å². The lowest BCUT2D eigenvalue weighted by atomic mass is 10.3. The molecular formula is C9H14N2O2. The summed E-state index contributed by atoms with van der Waals surface area (Å²) in [5.74, 6) is -0.312. The van der Waals surface area contributed by atoms with Gasteiger partial charge < -0.3 is 9.30 Å². The fourth-order valence-corrected chi connectivity index (χ4v) is 1.11. The molecule has 0 unspecified atom stereocenters. The Labute approximate surface area is 77.5 Å². The van der Waals surface area contributed by atoms with Crippen molar-refractivity contribution in [1.82, 2.24) is 9.55 Å². The fourth-order valence-electron chi connectivity index (χ4n) is 1.11. The molecule has 13 heavy (non-hydrogen) atoms. The van der Waals surface area contributed by atoms with Gasteiger partial charge in [0.2, 0.25) is 0 Å². The summed E-state index contributed by atoms with van der Waals surface area (Å²) in [6, 6.07) is 0. The fraction of sp³-hybridized carbons (Fsp3) is 0.556. The summed E-state index contributed by atoms with van der Waals surface area (Å²) in [7, 11) is 1.77. The van der Waals surface area contributed by atoms with Crippen molar-refractivity contribution in [2.45, 2.75) is 26.9 Å². The van der Waals surface area contributed by atoms with E-state index in [1.54, 1.807) is 24.9 Å². The lowest BCUT2D eigenvalue weighted by Gasteiger charge is -2.08. The molecule has 4 heteroatoms. The molecule has 0 fully saturated rings. The Morgan fingerprint density at radius 3 is 2.62 bits per heavy atom. The number of carbonyl (C=O) groups is 1. The van der Waals surface area contributed by atoms with Gasteiger partial charge in [0.15, 0.2) is 0 Å². The molecular weight excluding hydrogens is 168 g/mol. The maximum Gasteiger partial charge on any atom is 0.357 e. The normalized spacial score (nSPS) is 10.5. The number of esters is 1. The van der Waals surface area contributed by atoms with E-state index >= 15 is 0 Å². The van der Waals surface area contributed by atoms with Crippen LogP contribution in [0.15, 0.2) is 6.33 Å². The van der Waals surface area contributed by atoms with Gasteiger partial charge in [0, 0.05) is 7.05 Å². The maximum atomic E-state index is 11.5. The zero-order valence-corrected chi connectivity index (χ0v) is 8.37. The van der Waals surface area contributed by atoms with Crippen molar-refractivity contribution in [1.29, 1.82) is 0 Å². The van der Waals surface area contributed by atoms with Crippen LogP contribution >= 0.6 is 0 Å². The average Bonchev–Trinajstić information content (AvgIpc) is 2.29. The highest BCUT2D eigenvalue weighted by Crippen LogP contribution is 2.07. The molecule has 72 valence electrons. The third-order valence-electron chi connectivity index (χ3n) is 1.66. The van der Waals surface area contributed by atoms with Gasteiger partial charge in [-0.05, 0) is 20.8 Å². The topological polar surface area (TPSA) is 44.1 Å². The van der Waals surface area contributed by atoms with Gasteiger partial charge in [-0.2, -0.15) is 0 Å². The first kappa shape index (κ1) is 9.77. The molecule has 0 aliphatic rings. The molecule has 0 aliphatic carbocycles. The van der Waals surface area contributed by atoms with E-state index in [1.807, 2.05) is 13.8 Å². The number of nitrogens with zero attached hydrogens (tertiary/aromatic N) is 2. The molecule has 1 aromatic rings. The number of aryl methyl sites for hydroxylation is 2. The molecule has 1 rings (SSSR count). The van der Waals surface area contributed by atoms with Gasteiger partial charge in [-0.25, -0.2) is 9.78 Å². The van der Waals surface area contributed by atoms with E-state index in [0.29, 0.717) is 11.4 Å². The second-order valence-electron chi connectivity index (χ2n) is 3.24. The van der Waals surface area contributed by atoms with Crippen LogP contribution in [0.25, 0.3) is 0 Å². The maximum absolute atomic E-state index is 11.5. The third kappa shape index (κ3) is 2.08.